The van der Waals surface area contributed by atoms with Crippen molar-refractivity contribution in [2.45, 2.75) is 58.7 Å². The Hall–Kier alpha value is -0.875. The first-order chi connectivity index (χ1) is 9.62. The molecule has 0 aromatic rings. The van der Waals surface area contributed by atoms with Gasteiger partial charge < -0.3 is 14.2 Å². The summed E-state index contributed by atoms with van der Waals surface area (Å²) >= 11 is 0. The van der Waals surface area contributed by atoms with Crippen LogP contribution < -0.4 is 0 Å². The highest BCUT2D eigenvalue weighted by Crippen LogP contribution is 2.39. The lowest BCUT2D eigenvalue weighted by Crippen LogP contribution is -2.41. The molecule has 0 spiro atoms. The van der Waals surface area contributed by atoms with E-state index in [1.165, 1.54) is 0 Å². The SMILES string of the molecule is CC(=O)N1CCC(C=C(F)B2OC(C)(C)C(C)(C)O2)CC1. The Morgan fingerprint density at radius 2 is 1.67 bits per heavy atom. The fourth-order valence-electron chi connectivity index (χ4n) is 2.64. The molecule has 2 fully saturated rings. The molecule has 0 atom stereocenters. The molecule has 1 amide bonds. The largest absolute Gasteiger partial charge is 0.524 e. The number of carbonyl (C=O) groups excluding carboxylic acids is 1. The van der Waals surface area contributed by atoms with Crippen LogP contribution in [0.5, 0.6) is 0 Å². The smallest absolute Gasteiger partial charge is 0.398 e. The molecule has 2 rings (SSSR count). The molecule has 2 aliphatic rings. The van der Waals surface area contributed by atoms with E-state index in [1.54, 1.807) is 17.9 Å². The number of hydrogen-bond donors (Lipinski definition) is 0. The zero-order chi connectivity index (χ0) is 15.8. The van der Waals surface area contributed by atoms with Crippen molar-refractivity contribution >= 4 is 13.0 Å². The van der Waals surface area contributed by atoms with Crippen molar-refractivity contribution in [2.75, 3.05) is 13.1 Å². The minimum atomic E-state index is -0.916. The molecule has 2 heterocycles. The van der Waals surface area contributed by atoms with Gasteiger partial charge in [0.1, 0.15) is 5.73 Å². The highest BCUT2D eigenvalue weighted by Gasteiger charge is 2.53. The Balaban J connectivity index is 1.96. The highest BCUT2D eigenvalue weighted by atomic mass is 19.1. The maximum atomic E-state index is 14.4. The van der Waals surface area contributed by atoms with Crippen LogP contribution in [0.15, 0.2) is 11.8 Å². The van der Waals surface area contributed by atoms with Crippen LogP contribution in [0.4, 0.5) is 4.39 Å². The van der Waals surface area contributed by atoms with Crippen molar-refractivity contribution in [1.82, 2.24) is 4.90 Å². The highest BCUT2D eigenvalue weighted by molar-refractivity contribution is 6.53. The van der Waals surface area contributed by atoms with Gasteiger partial charge in [-0.1, -0.05) is 6.08 Å². The molecule has 6 heteroatoms. The van der Waals surface area contributed by atoms with Gasteiger partial charge in [0.25, 0.3) is 0 Å². The number of amides is 1. The molecule has 2 saturated heterocycles. The Labute approximate surface area is 126 Å². The standard InChI is InChI=1S/C15H25BFNO3/c1-11(19)18-8-6-12(7-9-18)10-13(17)16-20-14(2,3)15(4,5)21-16/h10,12H,6-9H2,1-5H3. The Bertz CT molecular complexity index is 426. The molecular weight excluding hydrogens is 272 g/mol. The lowest BCUT2D eigenvalue weighted by atomic mass is 9.84. The molecule has 0 N–H and O–H groups in total. The summed E-state index contributed by atoms with van der Waals surface area (Å²) in [5.41, 5.74) is -1.41. The lowest BCUT2D eigenvalue weighted by Gasteiger charge is -2.32. The van der Waals surface area contributed by atoms with Crippen LogP contribution in [0.2, 0.25) is 0 Å². The summed E-state index contributed by atoms with van der Waals surface area (Å²) in [7, 11) is -0.916. The number of nitrogens with zero attached hydrogens (tertiary/aromatic N) is 1. The predicted octanol–water partition coefficient (Wildman–Crippen LogP) is 2.73. The van der Waals surface area contributed by atoms with Gasteiger partial charge in [-0.15, -0.1) is 0 Å². The number of allylic oxidation sites excluding steroid dienone is 1. The molecule has 118 valence electrons. The van der Waals surface area contributed by atoms with Crippen LogP contribution in [0.3, 0.4) is 0 Å². The second-order valence-corrected chi connectivity index (χ2v) is 6.98. The minimum absolute atomic E-state index is 0.0869. The van der Waals surface area contributed by atoms with Gasteiger partial charge in [-0.05, 0) is 46.5 Å². The number of piperidine rings is 1. The van der Waals surface area contributed by atoms with Gasteiger partial charge in [-0.2, -0.15) is 0 Å². The molecule has 4 nitrogen and oxygen atoms in total. The Kier molecular flexibility index (Phi) is 4.50. The van der Waals surface area contributed by atoms with Gasteiger partial charge in [0, 0.05) is 20.0 Å². The van der Waals surface area contributed by atoms with Crippen molar-refractivity contribution < 1.29 is 18.5 Å². The second kappa shape index (κ2) is 5.73. The van der Waals surface area contributed by atoms with Gasteiger partial charge in [0.15, 0.2) is 0 Å². The van der Waals surface area contributed by atoms with Crippen LogP contribution in [0.1, 0.15) is 47.5 Å². The van der Waals surface area contributed by atoms with Gasteiger partial charge >= 0.3 is 7.12 Å². The maximum Gasteiger partial charge on any atom is 0.524 e. The lowest BCUT2D eigenvalue weighted by molar-refractivity contribution is -0.129. The molecule has 0 aromatic carbocycles. The van der Waals surface area contributed by atoms with Crippen molar-refractivity contribution in [2.24, 2.45) is 5.92 Å². The first kappa shape index (κ1) is 16.5. The Morgan fingerprint density at radius 3 is 2.10 bits per heavy atom. The van der Waals surface area contributed by atoms with Crippen molar-refractivity contribution in [3.63, 3.8) is 0 Å². The molecule has 0 radical (unpaired) electrons. The average Bonchev–Trinajstić information content (AvgIpc) is 2.59. The monoisotopic (exact) mass is 297 g/mol. The van der Waals surface area contributed by atoms with E-state index in [2.05, 4.69) is 0 Å². The number of rotatable bonds is 2. The topological polar surface area (TPSA) is 38.8 Å². The molecule has 2 aliphatic heterocycles. The van der Waals surface area contributed by atoms with Crippen LogP contribution in [-0.2, 0) is 14.1 Å². The maximum absolute atomic E-state index is 14.4. The van der Waals surface area contributed by atoms with Crippen molar-refractivity contribution in [3.05, 3.63) is 11.8 Å². The van der Waals surface area contributed by atoms with Gasteiger partial charge in [-0.25, -0.2) is 4.39 Å². The van der Waals surface area contributed by atoms with E-state index in [0.29, 0.717) is 13.1 Å². The summed E-state index contributed by atoms with van der Waals surface area (Å²) in [5, 5.41) is 0. The molecular formula is C15H25BFNO3. The number of carbonyl (C=O) groups is 1. The van der Waals surface area contributed by atoms with Crippen LogP contribution >= 0.6 is 0 Å². The fraction of sp³-hybridized carbons (Fsp3) is 0.800. The van der Waals surface area contributed by atoms with E-state index in [1.807, 2.05) is 27.7 Å². The first-order valence-electron chi connectivity index (χ1n) is 7.61. The number of hydrogen-bond acceptors (Lipinski definition) is 3. The van der Waals surface area contributed by atoms with Crippen LogP contribution in [0.25, 0.3) is 0 Å². The summed E-state index contributed by atoms with van der Waals surface area (Å²) in [5.74, 6) is 0.225. The predicted molar refractivity (Wildman–Crippen MR) is 80.3 cm³/mol. The van der Waals surface area contributed by atoms with E-state index in [-0.39, 0.29) is 17.6 Å². The van der Waals surface area contributed by atoms with E-state index in [9.17, 15) is 9.18 Å². The molecule has 21 heavy (non-hydrogen) atoms. The van der Waals surface area contributed by atoms with E-state index < -0.39 is 18.3 Å². The zero-order valence-corrected chi connectivity index (χ0v) is 13.6. The molecule has 0 aromatic heterocycles. The molecule has 0 aliphatic carbocycles. The van der Waals surface area contributed by atoms with E-state index >= 15 is 0 Å². The fourth-order valence-corrected chi connectivity index (χ4v) is 2.64. The van der Waals surface area contributed by atoms with Gasteiger partial charge in [0.05, 0.1) is 11.2 Å². The summed E-state index contributed by atoms with van der Waals surface area (Å²) in [6.45, 7) is 10.6. The molecule has 0 bridgehead atoms. The third-order valence-corrected chi connectivity index (χ3v) is 4.86. The molecule has 0 unspecified atom stereocenters. The summed E-state index contributed by atoms with van der Waals surface area (Å²) in [6, 6.07) is 0. The summed E-state index contributed by atoms with van der Waals surface area (Å²) in [4.78, 5) is 13.1. The average molecular weight is 297 g/mol. The minimum Gasteiger partial charge on any atom is -0.398 e. The van der Waals surface area contributed by atoms with Crippen LogP contribution in [-0.4, -0.2) is 42.2 Å². The first-order valence-corrected chi connectivity index (χ1v) is 7.61. The van der Waals surface area contributed by atoms with Gasteiger partial charge in [-0.3, -0.25) is 4.79 Å². The van der Waals surface area contributed by atoms with Gasteiger partial charge in [0.2, 0.25) is 5.91 Å². The van der Waals surface area contributed by atoms with E-state index in [0.717, 1.165) is 12.8 Å². The third-order valence-electron chi connectivity index (χ3n) is 4.86. The second-order valence-electron chi connectivity index (χ2n) is 6.98. The molecule has 0 saturated carbocycles. The normalized spacial score (nSPS) is 26.3. The van der Waals surface area contributed by atoms with Crippen molar-refractivity contribution in [3.8, 4) is 0 Å². The summed E-state index contributed by atoms with van der Waals surface area (Å²) in [6.07, 6.45) is 3.18. The number of likely N-dealkylation sites (tertiary alicyclic amines) is 1. The third kappa shape index (κ3) is 3.48. The Morgan fingerprint density at radius 1 is 1.19 bits per heavy atom. The van der Waals surface area contributed by atoms with Crippen molar-refractivity contribution in [1.29, 1.82) is 0 Å². The quantitative estimate of drug-likeness (QED) is 0.736. The van der Waals surface area contributed by atoms with E-state index in [4.69, 9.17) is 9.31 Å². The number of halogens is 1. The zero-order valence-electron chi connectivity index (χ0n) is 13.6. The van der Waals surface area contributed by atoms with Crippen LogP contribution in [0, 0.1) is 5.92 Å². The summed E-state index contributed by atoms with van der Waals surface area (Å²) < 4.78 is 25.8.